The minimum Gasteiger partial charge on any atom is -0.352 e. The molecule has 406 valence electrons. The number of halogens is 2. The lowest BCUT2D eigenvalue weighted by Crippen LogP contribution is -2.29. The van der Waals surface area contributed by atoms with E-state index in [0.29, 0.717) is 23.9 Å². The van der Waals surface area contributed by atoms with E-state index < -0.39 is 88.8 Å². The van der Waals surface area contributed by atoms with Crippen molar-refractivity contribution in [1.82, 2.24) is 29.9 Å². The van der Waals surface area contributed by atoms with Crippen molar-refractivity contribution in [1.29, 1.82) is 0 Å². The van der Waals surface area contributed by atoms with Gasteiger partial charge in [-0.1, -0.05) is 36.4 Å². The average Bonchev–Trinajstić information content (AvgIpc) is 3.54. The van der Waals surface area contributed by atoms with E-state index in [9.17, 15) is 65.0 Å². The standard InChI is InChI=1S/C43H36ClFN14O14S5/c1-22(47-40-52-38(45)53-41(55-40)48-23-6-8-24(9-7-23)74(60)61)21-46-39-50-37(44)51-42(54-39)49-32-14-13-31(28-4-3-5-35(36(28)32)77(68,69)70)58-56-29-11-12-30(27-17-19-43(2,78(71,72)73)18-16-26(27)29)57-59-33-20-25(75(62,63)64)10-15-34(33)76(65,66)67/h3-20,22H,21H2,1-2H3,(H,60,61)(H,62,63,64)(H,65,66,67)(H,68,69,70)(H,71,72,73)(H2,46,49,50,51,54)(H2,47,48,52,53,55). The molecule has 2 aromatic heterocycles. The van der Waals surface area contributed by atoms with Crippen LogP contribution in [0.3, 0.4) is 0 Å². The predicted molar refractivity (Wildman–Crippen MR) is 281 cm³/mol. The number of benzene rings is 5. The largest absolute Gasteiger partial charge is 0.352 e. The first-order valence-corrected chi connectivity index (χ1v) is 28.9. The fraction of sp³-hybridized carbons (Fsp3) is 0.116. The highest BCUT2D eigenvalue weighted by atomic mass is 35.5. The Bertz CT molecular complexity index is 4200. The number of aromatic nitrogens is 6. The highest BCUT2D eigenvalue weighted by molar-refractivity contribution is 7.87. The molecule has 0 spiro atoms. The molecule has 0 amide bonds. The van der Waals surface area contributed by atoms with E-state index in [1.807, 2.05) is 0 Å². The van der Waals surface area contributed by atoms with Gasteiger partial charge in [0.1, 0.15) is 20.2 Å². The van der Waals surface area contributed by atoms with Crippen molar-refractivity contribution in [3.8, 4) is 0 Å². The van der Waals surface area contributed by atoms with Crippen LogP contribution in [-0.4, -0.2) is 108 Å². The van der Waals surface area contributed by atoms with Crippen LogP contribution in [0.2, 0.25) is 5.28 Å². The Morgan fingerprint density at radius 3 is 1.82 bits per heavy atom. The van der Waals surface area contributed by atoms with Crippen LogP contribution in [0.4, 0.5) is 62.3 Å². The molecule has 0 bridgehead atoms. The SMILES string of the molecule is CC(CNc1nc(Cl)nc(Nc2ccc(N=Nc3ccc(N=Nc4cc(S(=O)(=O)O)ccc4S(=O)(=O)O)c4c3C=CC(C)(S(=O)(=O)O)C=C4)c3cccc(S(=O)(=O)O)c23)n1)Nc1nc(F)nc(Nc2ccc(S(=O)O)cc2)n1. The fourth-order valence-electron chi connectivity index (χ4n) is 7.17. The quantitative estimate of drug-likeness (QED) is 0.0222. The molecule has 0 aliphatic heterocycles. The molecular weight excluding hydrogens is 1150 g/mol. The molecule has 1 aliphatic rings. The Kier molecular flexibility index (Phi) is 15.9. The van der Waals surface area contributed by atoms with Gasteiger partial charge in [0.25, 0.3) is 40.5 Å². The second-order valence-corrected chi connectivity index (χ2v) is 23.8. The highest BCUT2D eigenvalue weighted by Gasteiger charge is 2.34. The molecule has 0 radical (unpaired) electrons. The number of nitrogens with zero attached hydrogens (tertiary/aromatic N) is 10. The number of nitrogens with one attached hydrogen (secondary N) is 4. The van der Waals surface area contributed by atoms with Crippen LogP contribution < -0.4 is 21.3 Å². The van der Waals surface area contributed by atoms with Gasteiger partial charge < -0.3 is 25.8 Å². The Morgan fingerprint density at radius 2 is 1.22 bits per heavy atom. The summed E-state index contributed by atoms with van der Waals surface area (Å²) in [7, 11) is -19.7. The molecule has 78 heavy (non-hydrogen) atoms. The number of anilines is 6. The lowest BCUT2D eigenvalue weighted by atomic mass is 10.0. The monoisotopic (exact) mass is 1190 g/mol. The van der Waals surface area contributed by atoms with Gasteiger partial charge in [0.15, 0.2) is 11.1 Å². The summed E-state index contributed by atoms with van der Waals surface area (Å²) in [6, 6.07) is 16.4. The summed E-state index contributed by atoms with van der Waals surface area (Å²) < 4.78 is 172. The molecule has 5 aromatic carbocycles. The van der Waals surface area contributed by atoms with Gasteiger partial charge in [0, 0.05) is 40.2 Å². The number of fused-ring (bicyclic) bond motifs is 2. The van der Waals surface area contributed by atoms with E-state index in [-0.39, 0.29) is 85.2 Å². The smallest absolute Gasteiger partial charge is 0.315 e. The van der Waals surface area contributed by atoms with Crippen molar-refractivity contribution < 1.29 is 65.0 Å². The van der Waals surface area contributed by atoms with Gasteiger partial charge in [0.05, 0.1) is 32.5 Å². The Labute approximate surface area is 448 Å². The van der Waals surface area contributed by atoms with Crippen LogP contribution in [0, 0.1) is 6.08 Å². The minimum absolute atomic E-state index is 0.0000851. The van der Waals surface area contributed by atoms with Crippen molar-refractivity contribution in [3.63, 3.8) is 0 Å². The van der Waals surface area contributed by atoms with Crippen LogP contribution in [0.15, 0.2) is 137 Å². The molecular formula is C43H36ClFN14O14S5. The Morgan fingerprint density at radius 1 is 0.654 bits per heavy atom. The van der Waals surface area contributed by atoms with Crippen molar-refractivity contribution in [2.75, 3.05) is 27.8 Å². The summed E-state index contributed by atoms with van der Waals surface area (Å²) in [5.74, 6) is -0.646. The maximum atomic E-state index is 14.4. The van der Waals surface area contributed by atoms with E-state index in [0.717, 1.165) is 25.1 Å². The molecule has 0 fully saturated rings. The maximum Gasteiger partial charge on any atom is 0.315 e. The molecule has 8 rings (SSSR count). The van der Waals surface area contributed by atoms with Crippen LogP contribution in [-0.2, 0) is 51.6 Å². The number of azo groups is 2. The molecule has 3 unspecified atom stereocenters. The first-order chi connectivity index (χ1) is 36.5. The van der Waals surface area contributed by atoms with Gasteiger partial charge in [-0.3, -0.25) is 18.2 Å². The number of rotatable bonds is 18. The zero-order chi connectivity index (χ0) is 56.5. The van der Waals surface area contributed by atoms with Crippen molar-refractivity contribution in [2.45, 2.75) is 44.2 Å². The van der Waals surface area contributed by atoms with E-state index in [4.69, 9.17) is 11.6 Å². The lowest BCUT2D eigenvalue weighted by molar-refractivity contribution is 0.466. The first-order valence-electron chi connectivity index (χ1n) is 21.6. The lowest BCUT2D eigenvalue weighted by Gasteiger charge is -2.16. The van der Waals surface area contributed by atoms with Gasteiger partial charge in [-0.25, -0.2) is 4.21 Å². The molecule has 0 saturated heterocycles. The molecule has 9 N–H and O–H groups in total. The van der Waals surface area contributed by atoms with E-state index in [1.54, 1.807) is 6.92 Å². The second kappa shape index (κ2) is 21.9. The van der Waals surface area contributed by atoms with Gasteiger partial charge in [-0.2, -0.15) is 68.0 Å². The van der Waals surface area contributed by atoms with Gasteiger partial charge >= 0.3 is 6.08 Å². The summed E-state index contributed by atoms with van der Waals surface area (Å²) >= 11 is 4.08. The normalized spacial score (nSPS) is 15.8. The van der Waals surface area contributed by atoms with Gasteiger partial charge in [-0.15, -0.1) is 20.5 Å². The molecule has 7 aromatic rings. The zero-order valence-corrected chi connectivity index (χ0v) is 44.2. The number of hydrogen-bond donors (Lipinski definition) is 9. The van der Waals surface area contributed by atoms with Crippen molar-refractivity contribution in [3.05, 3.63) is 120 Å². The molecule has 3 atom stereocenters. The van der Waals surface area contributed by atoms with E-state index in [1.165, 1.54) is 72.8 Å². The number of hydrogen-bond acceptors (Lipinski definition) is 23. The summed E-state index contributed by atoms with van der Waals surface area (Å²) in [6.45, 7) is 2.88. The van der Waals surface area contributed by atoms with E-state index in [2.05, 4.69) is 71.6 Å². The van der Waals surface area contributed by atoms with Gasteiger partial charge in [0.2, 0.25) is 29.1 Å². The fourth-order valence-corrected chi connectivity index (χ4v) is 10.0. The molecule has 0 saturated carbocycles. The van der Waals surface area contributed by atoms with Crippen LogP contribution >= 0.6 is 11.6 Å². The summed E-state index contributed by atoms with van der Waals surface area (Å²) in [5, 5.41) is 27.7. The first kappa shape index (κ1) is 56.4. The summed E-state index contributed by atoms with van der Waals surface area (Å²) in [5.41, 5.74) is -0.355. The minimum atomic E-state index is -5.04. The van der Waals surface area contributed by atoms with Crippen molar-refractivity contribution in [2.24, 2.45) is 20.5 Å². The third-order valence-electron chi connectivity index (χ3n) is 11.0. The Hall–Kier alpha value is -7.77. The predicted octanol–water partition coefficient (Wildman–Crippen LogP) is 8.24. The van der Waals surface area contributed by atoms with Crippen LogP contribution in [0.25, 0.3) is 22.9 Å². The topological polar surface area (TPSA) is 430 Å². The molecule has 2 heterocycles. The molecule has 35 heteroatoms. The summed E-state index contributed by atoms with van der Waals surface area (Å²) in [4.78, 5) is 21.8. The van der Waals surface area contributed by atoms with Crippen LogP contribution in [0.5, 0.6) is 0 Å². The third-order valence-corrected chi connectivity index (χ3v) is 15.8. The van der Waals surface area contributed by atoms with Crippen LogP contribution in [0.1, 0.15) is 25.0 Å². The van der Waals surface area contributed by atoms with Gasteiger partial charge in [-0.05, 0) is 98.2 Å². The third kappa shape index (κ3) is 13.1. The van der Waals surface area contributed by atoms with Crippen molar-refractivity contribution >= 4 is 144 Å². The molecule has 28 nitrogen and oxygen atoms in total. The maximum absolute atomic E-state index is 14.4. The zero-order valence-electron chi connectivity index (χ0n) is 39.4. The second-order valence-electron chi connectivity index (χ2n) is 16.5. The Balaban J connectivity index is 1.09. The average molecular weight is 1190 g/mol. The highest BCUT2D eigenvalue weighted by Crippen LogP contribution is 2.42. The van der Waals surface area contributed by atoms with E-state index >= 15 is 0 Å². The molecule has 1 aliphatic carbocycles. The summed E-state index contributed by atoms with van der Waals surface area (Å²) in [6.07, 6.45) is 3.56.